The van der Waals surface area contributed by atoms with Gasteiger partial charge in [0.05, 0.1) is 7.11 Å². The molecule has 0 radical (unpaired) electrons. The van der Waals surface area contributed by atoms with E-state index in [1.807, 2.05) is 24.3 Å². The van der Waals surface area contributed by atoms with Crippen LogP contribution in [0.1, 0.15) is 34.3 Å². The Morgan fingerprint density at radius 3 is 2.46 bits per heavy atom. The fourth-order valence-corrected chi connectivity index (χ4v) is 3.70. The molecule has 1 aliphatic rings. The Kier molecular flexibility index (Phi) is 6.29. The van der Waals surface area contributed by atoms with Crippen LogP contribution >= 0.6 is 0 Å². The van der Waals surface area contributed by atoms with E-state index in [2.05, 4.69) is 34.5 Å². The lowest BCUT2D eigenvalue weighted by molar-refractivity contribution is 0.0963. The maximum atomic E-state index is 11.6. The molecule has 1 saturated heterocycles. The van der Waals surface area contributed by atoms with Gasteiger partial charge in [-0.2, -0.15) is 0 Å². The minimum absolute atomic E-state index is 0.0336. The van der Waals surface area contributed by atoms with Gasteiger partial charge in [0.1, 0.15) is 5.75 Å². The predicted molar refractivity (Wildman–Crippen MR) is 105 cm³/mol. The van der Waals surface area contributed by atoms with Gasteiger partial charge in [-0.05, 0) is 67.6 Å². The normalized spacial score (nSPS) is 15.6. The summed E-state index contributed by atoms with van der Waals surface area (Å²) in [6.45, 7) is 3.20. The second-order valence-corrected chi connectivity index (χ2v) is 7.01. The summed E-state index contributed by atoms with van der Waals surface area (Å²) >= 11 is 0. The van der Waals surface area contributed by atoms with Gasteiger partial charge in [0.25, 0.3) is 5.91 Å². The van der Waals surface area contributed by atoms with E-state index in [-0.39, 0.29) is 5.91 Å². The molecule has 4 heteroatoms. The van der Waals surface area contributed by atoms with E-state index in [4.69, 9.17) is 4.74 Å². The molecule has 138 valence electrons. The summed E-state index contributed by atoms with van der Waals surface area (Å²) in [5, 5.41) is 2.66. The second kappa shape index (κ2) is 8.86. The molecule has 3 rings (SSSR count). The lowest BCUT2D eigenvalue weighted by Gasteiger charge is -2.32. The van der Waals surface area contributed by atoms with Crippen LogP contribution in [0, 0.1) is 5.92 Å². The molecule has 1 N–H and O–H groups in total. The lowest BCUT2D eigenvalue weighted by atomic mass is 9.89. The third kappa shape index (κ3) is 4.64. The van der Waals surface area contributed by atoms with E-state index in [0.717, 1.165) is 37.7 Å². The fourth-order valence-electron chi connectivity index (χ4n) is 3.70. The highest BCUT2D eigenvalue weighted by atomic mass is 16.5. The minimum atomic E-state index is -0.0336. The van der Waals surface area contributed by atoms with Crippen LogP contribution in [-0.2, 0) is 13.0 Å². The molecule has 0 bridgehead atoms. The number of likely N-dealkylation sites (tertiary alicyclic amines) is 1. The van der Waals surface area contributed by atoms with Crippen LogP contribution in [0.25, 0.3) is 0 Å². The Balaban J connectivity index is 1.50. The van der Waals surface area contributed by atoms with Crippen molar-refractivity contribution in [2.24, 2.45) is 5.92 Å². The summed E-state index contributed by atoms with van der Waals surface area (Å²) in [5.41, 5.74) is 3.30. The van der Waals surface area contributed by atoms with Crippen molar-refractivity contribution >= 4 is 5.91 Å². The van der Waals surface area contributed by atoms with Crippen LogP contribution in [0.5, 0.6) is 5.75 Å². The van der Waals surface area contributed by atoms with Gasteiger partial charge in [0.15, 0.2) is 0 Å². The van der Waals surface area contributed by atoms with Crippen molar-refractivity contribution in [3.8, 4) is 5.75 Å². The average Bonchev–Trinajstić information content (AvgIpc) is 2.70. The van der Waals surface area contributed by atoms with Crippen LogP contribution in [-0.4, -0.2) is 38.1 Å². The van der Waals surface area contributed by atoms with Crippen molar-refractivity contribution < 1.29 is 9.53 Å². The number of carbonyl (C=O) groups excluding carboxylic acids is 1. The van der Waals surface area contributed by atoms with Gasteiger partial charge >= 0.3 is 0 Å². The zero-order chi connectivity index (χ0) is 18.4. The van der Waals surface area contributed by atoms with Gasteiger partial charge in [-0.1, -0.05) is 30.3 Å². The first-order chi connectivity index (χ1) is 12.7. The molecule has 4 nitrogen and oxygen atoms in total. The van der Waals surface area contributed by atoms with E-state index in [1.165, 1.54) is 24.0 Å². The highest BCUT2D eigenvalue weighted by Crippen LogP contribution is 2.27. The highest BCUT2D eigenvalue weighted by Gasteiger charge is 2.20. The predicted octanol–water partition coefficient (Wildman–Crippen LogP) is 3.51. The van der Waals surface area contributed by atoms with E-state index in [9.17, 15) is 4.79 Å². The number of hydrogen-bond acceptors (Lipinski definition) is 3. The molecule has 2 aromatic rings. The molecule has 1 amide bonds. The highest BCUT2D eigenvalue weighted by molar-refractivity contribution is 5.93. The molecule has 0 atom stereocenters. The van der Waals surface area contributed by atoms with Crippen LogP contribution in [0.2, 0.25) is 0 Å². The van der Waals surface area contributed by atoms with Crippen molar-refractivity contribution in [2.45, 2.75) is 25.8 Å². The van der Waals surface area contributed by atoms with Crippen molar-refractivity contribution in [3.05, 3.63) is 65.2 Å². The zero-order valence-electron chi connectivity index (χ0n) is 15.7. The van der Waals surface area contributed by atoms with Crippen LogP contribution in [0.3, 0.4) is 0 Å². The molecule has 1 fully saturated rings. The van der Waals surface area contributed by atoms with Crippen molar-refractivity contribution in [1.82, 2.24) is 10.2 Å². The smallest absolute Gasteiger partial charge is 0.251 e. The molecule has 0 saturated carbocycles. The van der Waals surface area contributed by atoms with Crippen molar-refractivity contribution in [3.63, 3.8) is 0 Å². The number of piperidine rings is 1. The Morgan fingerprint density at radius 1 is 1.12 bits per heavy atom. The molecule has 2 aromatic carbocycles. The number of ether oxygens (including phenoxy) is 1. The van der Waals surface area contributed by atoms with E-state index in [0.29, 0.717) is 5.56 Å². The maximum absolute atomic E-state index is 11.6. The van der Waals surface area contributed by atoms with Crippen molar-refractivity contribution in [1.29, 1.82) is 0 Å². The maximum Gasteiger partial charge on any atom is 0.251 e. The number of nitrogens with zero attached hydrogens (tertiary/aromatic N) is 1. The Morgan fingerprint density at radius 2 is 1.81 bits per heavy atom. The lowest BCUT2D eigenvalue weighted by Crippen LogP contribution is -2.33. The van der Waals surface area contributed by atoms with Gasteiger partial charge in [-0.15, -0.1) is 0 Å². The van der Waals surface area contributed by atoms with Gasteiger partial charge in [-0.25, -0.2) is 0 Å². The third-order valence-electron chi connectivity index (χ3n) is 5.26. The number of rotatable bonds is 6. The number of amides is 1. The first kappa shape index (κ1) is 18.5. The minimum Gasteiger partial charge on any atom is -0.496 e. The SMILES string of the molecule is CNC(=O)c1ccc(CN2CCC(Cc3ccccc3OC)CC2)cc1. The monoisotopic (exact) mass is 352 g/mol. The van der Waals surface area contributed by atoms with Gasteiger partial charge in [0, 0.05) is 19.2 Å². The molecule has 0 spiro atoms. The summed E-state index contributed by atoms with van der Waals surface area (Å²) in [7, 11) is 3.41. The van der Waals surface area contributed by atoms with Gasteiger partial charge < -0.3 is 10.1 Å². The summed E-state index contributed by atoms with van der Waals surface area (Å²) < 4.78 is 5.48. The zero-order valence-corrected chi connectivity index (χ0v) is 15.7. The Hall–Kier alpha value is -2.33. The molecule has 0 unspecified atom stereocenters. The summed E-state index contributed by atoms with van der Waals surface area (Å²) in [6.07, 6.45) is 3.53. The number of para-hydroxylation sites is 1. The second-order valence-electron chi connectivity index (χ2n) is 7.01. The molecule has 0 aliphatic carbocycles. The Labute approximate surface area is 156 Å². The molecular formula is C22H28N2O2. The number of methoxy groups -OCH3 is 1. The fraction of sp³-hybridized carbons (Fsp3) is 0.409. The van der Waals surface area contributed by atoms with Gasteiger partial charge in [0.2, 0.25) is 0 Å². The third-order valence-corrected chi connectivity index (χ3v) is 5.26. The molecule has 0 aromatic heterocycles. The standard InChI is InChI=1S/C22H28N2O2/c1-23-22(25)19-9-7-18(8-10-19)16-24-13-11-17(12-14-24)15-20-5-3-4-6-21(20)26-2/h3-10,17H,11-16H2,1-2H3,(H,23,25). The molecule has 1 aliphatic heterocycles. The summed E-state index contributed by atoms with van der Waals surface area (Å²) in [6, 6.07) is 16.3. The Bertz CT molecular complexity index is 719. The number of benzene rings is 2. The first-order valence-electron chi connectivity index (χ1n) is 9.35. The van der Waals surface area contributed by atoms with Crippen LogP contribution in [0.15, 0.2) is 48.5 Å². The van der Waals surface area contributed by atoms with E-state index < -0.39 is 0 Å². The summed E-state index contributed by atoms with van der Waals surface area (Å²) in [4.78, 5) is 14.1. The average molecular weight is 352 g/mol. The van der Waals surface area contributed by atoms with Crippen LogP contribution < -0.4 is 10.1 Å². The number of nitrogens with one attached hydrogen (secondary N) is 1. The van der Waals surface area contributed by atoms with Crippen LogP contribution in [0.4, 0.5) is 0 Å². The van der Waals surface area contributed by atoms with E-state index in [1.54, 1.807) is 14.2 Å². The summed E-state index contributed by atoms with van der Waals surface area (Å²) in [5.74, 6) is 1.69. The molecule has 26 heavy (non-hydrogen) atoms. The molecular weight excluding hydrogens is 324 g/mol. The van der Waals surface area contributed by atoms with E-state index >= 15 is 0 Å². The quantitative estimate of drug-likeness (QED) is 0.865. The van der Waals surface area contributed by atoms with Crippen molar-refractivity contribution in [2.75, 3.05) is 27.2 Å². The van der Waals surface area contributed by atoms with Gasteiger partial charge in [-0.3, -0.25) is 9.69 Å². The number of hydrogen-bond donors (Lipinski definition) is 1. The first-order valence-corrected chi connectivity index (χ1v) is 9.35. The largest absolute Gasteiger partial charge is 0.496 e. The molecule has 1 heterocycles. The number of carbonyl (C=O) groups is 1. The topological polar surface area (TPSA) is 41.6 Å².